The molecule has 4 heteroatoms. The number of rotatable bonds is 4. The number of aromatic nitrogens is 1. The molecular formula is C19H29N3O. The van der Waals surface area contributed by atoms with E-state index in [1.807, 2.05) is 6.20 Å². The molecule has 1 aromatic rings. The van der Waals surface area contributed by atoms with Crippen LogP contribution in [0.25, 0.3) is 0 Å². The zero-order chi connectivity index (χ0) is 15.9. The maximum atomic E-state index is 6.00. The average Bonchev–Trinajstić information content (AvgIpc) is 3.10. The number of hydrogen-bond donors (Lipinski definition) is 1. The second kappa shape index (κ2) is 6.06. The largest absolute Gasteiger partial charge is 0.377 e. The number of pyridine rings is 1. The predicted octanol–water partition coefficient (Wildman–Crippen LogP) is 2.98. The van der Waals surface area contributed by atoms with Crippen LogP contribution in [-0.4, -0.2) is 36.8 Å². The van der Waals surface area contributed by atoms with Gasteiger partial charge in [-0.2, -0.15) is 0 Å². The van der Waals surface area contributed by atoms with Crippen LogP contribution in [0.3, 0.4) is 0 Å². The molecule has 4 nitrogen and oxygen atoms in total. The molecule has 1 N–H and O–H groups in total. The van der Waals surface area contributed by atoms with Gasteiger partial charge in [-0.3, -0.25) is 0 Å². The topological polar surface area (TPSA) is 37.4 Å². The lowest BCUT2D eigenvalue weighted by molar-refractivity contribution is -0.192. The highest BCUT2D eigenvalue weighted by atomic mass is 16.5. The lowest BCUT2D eigenvalue weighted by atomic mass is 9.55. The zero-order valence-corrected chi connectivity index (χ0v) is 14.4. The Morgan fingerprint density at radius 2 is 2.13 bits per heavy atom. The zero-order valence-electron chi connectivity index (χ0n) is 14.4. The van der Waals surface area contributed by atoms with Gasteiger partial charge in [0.1, 0.15) is 5.82 Å². The van der Waals surface area contributed by atoms with Crippen molar-refractivity contribution >= 4 is 5.82 Å². The molecule has 1 saturated carbocycles. The molecule has 1 aromatic heterocycles. The van der Waals surface area contributed by atoms with Gasteiger partial charge in [-0.05, 0) is 43.4 Å². The van der Waals surface area contributed by atoms with Crippen LogP contribution in [0.1, 0.15) is 45.1 Å². The Balaban J connectivity index is 1.40. The van der Waals surface area contributed by atoms with Gasteiger partial charge in [0.2, 0.25) is 0 Å². The Kier molecular flexibility index (Phi) is 4.06. The van der Waals surface area contributed by atoms with Crippen LogP contribution in [0.2, 0.25) is 0 Å². The molecule has 3 atom stereocenters. The van der Waals surface area contributed by atoms with Gasteiger partial charge < -0.3 is 15.0 Å². The highest BCUT2D eigenvalue weighted by Gasteiger charge is 2.57. The van der Waals surface area contributed by atoms with Crippen molar-refractivity contribution in [2.45, 2.75) is 58.2 Å². The molecular weight excluding hydrogens is 286 g/mol. The van der Waals surface area contributed by atoms with Crippen molar-refractivity contribution in [2.24, 2.45) is 11.3 Å². The molecule has 23 heavy (non-hydrogen) atoms. The molecule has 0 amide bonds. The van der Waals surface area contributed by atoms with Crippen molar-refractivity contribution in [1.82, 2.24) is 10.3 Å². The third kappa shape index (κ3) is 2.76. The van der Waals surface area contributed by atoms with E-state index in [4.69, 9.17) is 4.74 Å². The lowest BCUT2D eigenvalue weighted by Gasteiger charge is -2.60. The highest BCUT2D eigenvalue weighted by molar-refractivity contribution is 5.41. The van der Waals surface area contributed by atoms with E-state index in [0.717, 1.165) is 32.1 Å². The Bertz CT molecular complexity index is 553. The Labute approximate surface area is 139 Å². The van der Waals surface area contributed by atoms with Crippen LogP contribution >= 0.6 is 0 Å². The van der Waals surface area contributed by atoms with Gasteiger partial charge in [0.25, 0.3) is 0 Å². The van der Waals surface area contributed by atoms with E-state index in [0.29, 0.717) is 18.1 Å². The molecule has 3 unspecified atom stereocenters. The van der Waals surface area contributed by atoms with Crippen LogP contribution in [-0.2, 0) is 11.3 Å². The van der Waals surface area contributed by atoms with Gasteiger partial charge in [-0.25, -0.2) is 4.98 Å². The summed E-state index contributed by atoms with van der Waals surface area (Å²) in [6.07, 6.45) is 7.52. The fourth-order valence-corrected chi connectivity index (χ4v) is 4.85. The molecule has 3 aliphatic rings. The monoisotopic (exact) mass is 315 g/mol. The van der Waals surface area contributed by atoms with Crippen LogP contribution in [0.5, 0.6) is 0 Å². The average molecular weight is 315 g/mol. The summed E-state index contributed by atoms with van der Waals surface area (Å²) >= 11 is 0. The summed E-state index contributed by atoms with van der Waals surface area (Å²) in [5.74, 6) is 1.84. The number of ether oxygens (including phenoxy) is 1. The van der Waals surface area contributed by atoms with Gasteiger partial charge in [0, 0.05) is 49.8 Å². The molecule has 3 heterocycles. The van der Waals surface area contributed by atoms with Crippen molar-refractivity contribution < 1.29 is 4.74 Å². The predicted molar refractivity (Wildman–Crippen MR) is 92.6 cm³/mol. The summed E-state index contributed by atoms with van der Waals surface area (Å²) in [4.78, 5) is 6.96. The quantitative estimate of drug-likeness (QED) is 0.927. The fourth-order valence-electron chi connectivity index (χ4n) is 4.85. The van der Waals surface area contributed by atoms with Gasteiger partial charge in [-0.15, -0.1) is 0 Å². The first kappa shape index (κ1) is 15.4. The standard InChI is InChI=1S/C19H29N3O/c1-19(2)17(15-6-5-11-23-18(15)19)21-13-14-7-8-20-16(12-14)22-9-3-4-10-22/h7-8,12,15,17-18,21H,3-6,9-11,13H2,1-2H3. The molecule has 2 aliphatic heterocycles. The second-order valence-electron chi connectivity index (χ2n) is 7.99. The molecule has 0 radical (unpaired) electrons. The first-order valence-electron chi connectivity index (χ1n) is 9.21. The normalized spacial score (nSPS) is 32.4. The van der Waals surface area contributed by atoms with E-state index >= 15 is 0 Å². The van der Waals surface area contributed by atoms with E-state index in [2.05, 4.69) is 41.2 Å². The summed E-state index contributed by atoms with van der Waals surface area (Å²) in [5.41, 5.74) is 1.59. The minimum absolute atomic E-state index is 0.246. The van der Waals surface area contributed by atoms with Crippen LogP contribution in [0, 0.1) is 11.3 Å². The molecule has 0 aromatic carbocycles. The molecule has 126 valence electrons. The minimum atomic E-state index is 0.246. The van der Waals surface area contributed by atoms with Crippen molar-refractivity contribution in [2.75, 3.05) is 24.6 Å². The third-order valence-corrected chi connectivity index (χ3v) is 6.10. The summed E-state index contributed by atoms with van der Waals surface area (Å²) in [7, 11) is 0. The SMILES string of the molecule is CC1(C)C(NCc2ccnc(N3CCCC3)c2)C2CCCOC21. The smallest absolute Gasteiger partial charge is 0.128 e. The number of nitrogens with zero attached hydrogens (tertiary/aromatic N) is 2. The maximum Gasteiger partial charge on any atom is 0.128 e. The lowest BCUT2D eigenvalue weighted by Crippen LogP contribution is -2.69. The molecule has 3 fully saturated rings. The highest BCUT2D eigenvalue weighted by Crippen LogP contribution is 2.51. The van der Waals surface area contributed by atoms with Crippen molar-refractivity contribution in [3.63, 3.8) is 0 Å². The van der Waals surface area contributed by atoms with Crippen molar-refractivity contribution in [3.8, 4) is 0 Å². The van der Waals surface area contributed by atoms with E-state index in [1.54, 1.807) is 0 Å². The third-order valence-electron chi connectivity index (χ3n) is 6.10. The first-order valence-corrected chi connectivity index (χ1v) is 9.21. The van der Waals surface area contributed by atoms with E-state index in [9.17, 15) is 0 Å². The van der Waals surface area contributed by atoms with E-state index in [-0.39, 0.29) is 5.41 Å². The van der Waals surface area contributed by atoms with Gasteiger partial charge in [0.05, 0.1) is 6.10 Å². The van der Waals surface area contributed by atoms with Gasteiger partial charge in [0.15, 0.2) is 0 Å². The summed E-state index contributed by atoms with van der Waals surface area (Å²) in [6.45, 7) is 8.88. The summed E-state index contributed by atoms with van der Waals surface area (Å²) in [6, 6.07) is 4.97. The summed E-state index contributed by atoms with van der Waals surface area (Å²) in [5, 5.41) is 3.82. The maximum absolute atomic E-state index is 6.00. The Hall–Kier alpha value is -1.13. The number of hydrogen-bond acceptors (Lipinski definition) is 4. The number of anilines is 1. The number of fused-ring (bicyclic) bond motifs is 1. The summed E-state index contributed by atoms with van der Waals surface area (Å²) < 4.78 is 6.00. The molecule has 0 spiro atoms. The van der Waals surface area contributed by atoms with Crippen molar-refractivity contribution in [3.05, 3.63) is 23.9 Å². The van der Waals surface area contributed by atoms with Crippen LogP contribution in [0.15, 0.2) is 18.3 Å². The molecule has 0 bridgehead atoms. The van der Waals surface area contributed by atoms with E-state index in [1.165, 1.54) is 31.2 Å². The number of nitrogens with one attached hydrogen (secondary N) is 1. The fraction of sp³-hybridized carbons (Fsp3) is 0.737. The van der Waals surface area contributed by atoms with Gasteiger partial charge >= 0.3 is 0 Å². The molecule has 4 rings (SSSR count). The van der Waals surface area contributed by atoms with Crippen LogP contribution in [0.4, 0.5) is 5.82 Å². The van der Waals surface area contributed by atoms with E-state index < -0.39 is 0 Å². The van der Waals surface area contributed by atoms with Crippen molar-refractivity contribution in [1.29, 1.82) is 0 Å². The Morgan fingerprint density at radius 3 is 2.96 bits per heavy atom. The minimum Gasteiger partial charge on any atom is -0.377 e. The Morgan fingerprint density at radius 1 is 1.30 bits per heavy atom. The molecule has 1 aliphatic carbocycles. The van der Waals surface area contributed by atoms with Gasteiger partial charge in [-0.1, -0.05) is 13.8 Å². The molecule has 2 saturated heterocycles. The first-order chi connectivity index (χ1) is 11.2. The second-order valence-corrected chi connectivity index (χ2v) is 7.99. The van der Waals surface area contributed by atoms with Crippen LogP contribution < -0.4 is 10.2 Å².